The van der Waals surface area contributed by atoms with E-state index >= 15 is 0 Å². The van der Waals surface area contributed by atoms with Crippen molar-refractivity contribution < 1.29 is 98.1 Å². The molecule has 0 bridgehead atoms. The first-order valence-electron chi connectivity index (χ1n) is 13.5. The third-order valence-corrected chi connectivity index (χ3v) is 8.48. The van der Waals surface area contributed by atoms with Gasteiger partial charge in [0.15, 0.2) is 0 Å². The van der Waals surface area contributed by atoms with Gasteiger partial charge in [0, 0.05) is 120 Å². The van der Waals surface area contributed by atoms with Gasteiger partial charge < -0.3 is 44.0 Å². The molecular weight excluding hydrogens is 815 g/mol. The van der Waals surface area contributed by atoms with Gasteiger partial charge in [0.25, 0.3) is 0 Å². The molecule has 6 nitrogen and oxygen atoms in total. The minimum Gasteiger partial charge on any atom is -0.587 e. The molecule has 0 N–H and O–H groups in total. The molecule has 9 aromatic rings. The fourth-order valence-electron chi connectivity index (χ4n) is 6.34. The van der Waals surface area contributed by atoms with Gasteiger partial charge in [-0.3, -0.25) is 0 Å². The number of fused-ring (bicyclic) bond motifs is 8. The molecule has 0 atom stereocenters. The number of nitrogens with zero attached hydrogens (tertiary/aromatic N) is 2. The topological polar surface area (TPSA) is 96.5 Å². The maximum atomic E-state index is 12.1. The van der Waals surface area contributed by atoms with Gasteiger partial charge in [0.2, 0.25) is 0 Å². The largest absolute Gasteiger partial charge is 0.587 e. The molecule has 3 radical (unpaired) electrons. The van der Waals surface area contributed by atoms with Crippen molar-refractivity contribution in [1.82, 2.24) is 9.97 Å². The van der Waals surface area contributed by atoms with E-state index in [1.165, 1.54) is 0 Å². The smallest absolute Gasteiger partial charge is 0.0883 e. The Morgan fingerprint density at radius 2 is 0.447 bits per heavy atom. The summed E-state index contributed by atoms with van der Waals surface area (Å²) >= 11 is 0. The van der Waals surface area contributed by atoms with Crippen LogP contribution in [0.25, 0.3) is 86.2 Å². The van der Waals surface area contributed by atoms with Gasteiger partial charge >= 0.3 is 0 Å². The fourth-order valence-corrected chi connectivity index (χ4v) is 6.34. The standard InChI is InChI=1S/C36H18N2O4.2CH3.3Y/c39-33-29-13-25-9-21-5-17-1-2-18-6-22-10-26-14-30-32(36(42)38-34(30)40)16-28(26)12-24(22)8-20(18)4-3-19(17)7-23(21)11-27(25)15-31(29)35(41)37-33;;;;;/h1-16H,(H2,37,38,39,40,41,42);2*1H3;;;/q;2*-1;;;/p-2. The van der Waals surface area contributed by atoms with E-state index in [1.54, 1.807) is 24.3 Å². The monoisotopic (exact) mass is 837 g/mol. The maximum absolute atomic E-state index is 12.1. The van der Waals surface area contributed by atoms with Crippen LogP contribution in [0.4, 0.5) is 0 Å². The SMILES string of the molecule is O=c1[n-]c(=O)c2cc3cc4cc5ccc6cc7cc8cc9c(=O)[n-]c(=O)c9cc8cc7cc6ccc5cc4cc3cc12.[CH3-].[CH3-].[Y].[Y].[Y]. The Balaban J connectivity index is 0.000001000. The molecule has 2 aromatic heterocycles. The first-order valence-corrected chi connectivity index (χ1v) is 13.5. The van der Waals surface area contributed by atoms with Crippen LogP contribution in [0.3, 0.4) is 0 Å². The zero-order valence-corrected chi connectivity index (χ0v) is 34.0. The maximum Gasteiger partial charge on any atom is 0.0883 e. The molecule has 0 aliphatic rings. The average Bonchev–Trinajstić information content (AvgIpc) is 3.40. The van der Waals surface area contributed by atoms with Crippen molar-refractivity contribution in [3.63, 3.8) is 0 Å². The summed E-state index contributed by atoms with van der Waals surface area (Å²) in [5, 5.41) is 13.4. The summed E-state index contributed by atoms with van der Waals surface area (Å²) in [6, 6.07) is 32.2. The summed E-state index contributed by atoms with van der Waals surface area (Å²) in [6.07, 6.45) is 0. The first-order chi connectivity index (χ1) is 20.4. The minimum atomic E-state index is -0.481. The molecule has 0 unspecified atom stereocenters. The van der Waals surface area contributed by atoms with Gasteiger partial charge in [0.05, 0.1) is 22.2 Å². The van der Waals surface area contributed by atoms with Crippen LogP contribution < -0.4 is 32.2 Å². The number of aromatic nitrogens is 2. The predicted octanol–water partition coefficient (Wildman–Crippen LogP) is 6.60. The Bertz CT molecular complexity index is 2560. The van der Waals surface area contributed by atoms with Crippen LogP contribution in [0.2, 0.25) is 0 Å². The van der Waals surface area contributed by atoms with Crippen LogP contribution in [-0.4, -0.2) is 0 Å². The molecule has 9 heteroatoms. The second kappa shape index (κ2) is 13.7. The first kappa shape index (κ1) is 37.3. The van der Waals surface area contributed by atoms with E-state index in [4.69, 9.17) is 0 Å². The molecule has 0 saturated heterocycles. The number of benzene rings is 6. The Labute approximate surface area is 343 Å². The van der Waals surface area contributed by atoms with Crippen molar-refractivity contribution in [2.45, 2.75) is 0 Å². The average molecular weight is 837 g/mol. The Kier molecular flexibility index (Phi) is 10.9. The summed E-state index contributed by atoms with van der Waals surface area (Å²) in [6.45, 7) is 0. The zero-order chi connectivity index (χ0) is 28.3. The number of rotatable bonds is 0. The number of hydrogen-bond donors (Lipinski definition) is 0. The van der Waals surface area contributed by atoms with E-state index in [-0.39, 0.29) is 113 Å². The Hall–Kier alpha value is -2.57. The van der Waals surface area contributed by atoms with Crippen molar-refractivity contribution in [3.05, 3.63) is 153 Å². The second-order valence-electron chi connectivity index (χ2n) is 11.0. The van der Waals surface area contributed by atoms with Gasteiger partial charge in [0.1, 0.15) is 0 Å². The van der Waals surface area contributed by atoms with E-state index in [0.717, 1.165) is 64.6 Å². The van der Waals surface area contributed by atoms with Gasteiger partial charge in [-0.1, -0.05) is 24.3 Å². The van der Waals surface area contributed by atoms with Crippen molar-refractivity contribution in [3.8, 4) is 0 Å². The van der Waals surface area contributed by atoms with Gasteiger partial charge in [-0.25, -0.2) is 0 Å². The van der Waals surface area contributed by atoms with Crippen molar-refractivity contribution in [1.29, 1.82) is 0 Å². The van der Waals surface area contributed by atoms with E-state index in [0.29, 0.717) is 21.5 Å². The zero-order valence-electron chi connectivity index (χ0n) is 25.5. The molecule has 221 valence electrons. The summed E-state index contributed by atoms with van der Waals surface area (Å²) < 4.78 is 0. The van der Waals surface area contributed by atoms with E-state index in [2.05, 4.69) is 58.5 Å². The third kappa shape index (κ3) is 6.00. The quantitative estimate of drug-likeness (QED) is 0.126. The fraction of sp³-hybridized carbons (Fsp3) is 0. The van der Waals surface area contributed by atoms with Gasteiger partial charge in [-0.15, -0.1) is 0 Å². The molecule has 2 heterocycles. The predicted molar refractivity (Wildman–Crippen MR) is 182 cm³/mol. The van der Waals surface area contributed by atoms with Crippen LogP contribution in [0.5, 0.6) is 0 Å². The summed E-state index contributed by atoms with van der Waals surface area (Å²) in [5.41, 5.74) is -1.92. The molecule has 7 aromatic carbocycles. The Morgan fingerprint density at radius 3 is 0.660 bits per heavy atom. The molecule has 9 rings (SSSR count). The molecule has 0 aliphatic heterocycles. The van der Waals surface area contributed by atoms with Crippen LogP contribution in [0, 0.1) is 14.9 Å². The summed E-state index contributed by atoms with van der Waals surface area (Å²) in [5.74, 6) is 0. The molecule has 47 heavy (non-hydrogen) atoms. The van der Waals surface area contributed by atoms with Gasteiger partial charge in [-0.2, -0.15) is 0 Å². The van der Waals surface area contributed by atoms with Crippen LogP contribution in [0.15, 0.2) is 116 Å². The number of hydrogen-bond acceptors (Lipinski definition) is 4. The van der Waals surface area contributed by atoms with Gasteiger partial charge in [-0.05, 0) is 137 Å². The Morgan fingerprint density at radius 1 is 0.277 bits per heavy atom. The van der Waals surface area contributed by atoms with Crippen molar-refractivity contribution in [2.24, 2.45) is 0 Å². The third-order valence-electron chi connectivity index (χ3n) is 8.48. The molecule has 0 saturated carbocycles. The normalized spacial score (nSPS) is 10.9. The van der Waals surface area contributed by atoms with E-state index < -0.39 is 22.2 Å². The van der Waals surface area contributed by atoms with Crippen molar-refractivity contribution >= 4 is 86.2 Å². The minimum absolute atomic E-state index is 0. The molecule has 0 aliphatic carbocycles. The molecular formula is C38H22N2O4Y3-4. The van der Waals surface area contributed by atoms with E-state index in [1.807, 2.05) is 24.3 Å². The van der Waals surface area contributed by atoms with Crippen LogP contribution >= 0.6 is 0 Å². The second-order valence-corrected chi connectivity index (χ2v) is 11.0. The molecule has 0 fully saturated rings. The van der Waals surface area contributed by atoms with Crippen LogP contribution in [-0.2, 0) is 98.1 Å². The summed E-state index contributed by atoms with van der Waals surface area (Å²) in [7, 11) is 0. The summed E-state index contributed by atoms with van der Waals surface area (Å²) in [4.78, 5) is 55.7. The van der Waals surface area contributed by atoms with E-state index in [9.17, 15) is 19.2 Å². The van der Waals surface area contributed by atoms with Crippen LogP contribution in [0.1, 0.15) is 0 Å². The molecule has 0 spiro atoms. The molecule has 0 amide bonds. The van der Waals surface area contributed by atoms with Crippen molar-refractivity contribution in [2.75, 3.05) is 0 Å².